The van der Waals surface area contributed by atoms with Crippen molar-refractivity contribution in [2.24, 2.45) is 5.41 Å². The zero-order chi connectivity index (χ0) is 14.9. The van der Waals surface area contributed by atoms with Crippen LogP contribution in [0.25, 0.3) is 0 Å². The number of amides is 1. The lowest BCUT2D eigenvalue weighted by Crippen LogP contribution is -2.61. The number of nitrogens with one attached hydrogen (secondary N) is 1. The molecule has 1 aromatic heterocycles. The van der Waals surface area contributed by atoms with Gasteiger partial charge in [0.1, 0.15) is 5.82 Å². The lowest BCUT2D eigenvalue weighted by molar-refractivity contribution is -0.129. The Hall–Kier alpha value is -1.85. The number of carbonyl (C=O) groups is 1. The van der Waals surface area contributed by atoms with Crippen LogP contribution in [0.1, 0.15) is 20.8 Å². The predicted octanol–water partition coefficient (Wildman–Crippen LogP) is 0.893. The molecule has 20 heavy (non-hydrogen) atoms. The highest BCUT2D eigenvalue weighted by molar-refractivity contribution is 5.82. The summed E-state index contributed by atoms with van der Waals surface area (Å²) in [6, 6.07) is 2.07. The monoisotopic (exact) mass is 277 g/mol. The average molecular weight is 277 g/mol. The molecule has 0 radical (unpaired) electrons. The second-order valence-electron chi connectivity index (χ2n) is 6.43. The third-order valence-electron chi connectivity index (χ3n) is 3.27. The van der Waals surface area contributed by atoms with Gasteiger partial charge in [0.25, 0.3) is 0 Å². The topological polar surface area (TPSA) is 61.4 Å². The van der Waals surface area contributed by atoms with E-state index in [9.17, 15) is 4.79 Å². The van der Waals surface area contributed by atoms with Crippen LogP contribution in [-0.2, 0) is 4.79 Å². The summed E-state index contributed by atoms with van der Waals surface area (Å²) in [6.07, 6.45) is 1.76. The molecule has 0 unspecified atom stereocenters. The first-order chi connectivity index (χ1) is 9.27. The van der Waals surface area contributed by atoms with E-state index < -0.39 is 0 Å². The zero-order valence-electron chi connectivity index (χ0n) is 12.8. The number of anilines is 2. The van der Waals surface area contributed by atoms with Crippen LogP contribution in [0, 0.1) is 5.41 Å². The van der Waals surface area contributed by atoms with E-state index >= 15 is 0 Å². The Morgan fingerprint density at radius 2 is 2.05 bits per heavy atom. The van der Waals surface area contributed by atoms with Gasteiger partial charge in [0.2, 0.25) is 11.9 Å². The Morgan fingerprint density at radius 3 is 2.60 bits per heavy atom. The van der Waals surface area contributed by atoms with E-state index in [2.05, 4.69) is 20.2 Å². The summed E-state index contributed by atoms with van der Waals surface area (Å²) in [7, 11) is 3.91. The predicted molar refractivity (Wildman–Crippen MR) is 80.0 cm³/mol. The largest absolute Gasteiger partial charge is 0.363 e. The Balaban J connectivity index is 1.90. The first-order valence-electron chi connectivity index (χ1n) is 6.83. The van der Waals surface area contributed by atoms with Crippen molar-refractivity contribution in [1.82, 2.24) is 15.3 Å². The molecule has 0 atom stereocenters. The van der Waals surface area contributed by atoms with Gasteiger partial charge in [-0.2, -0.15) is 4.98 Å². The minimum atomic E-state index is -0.345. The van der Waals surface area contributed by atoms with Gasteiger partial charge >= 0.3 is 0 Å². The normalized spacial score (nSPS) is 15.8. The Labute approximate surface area is 120 Å². The lowest BCUT2D eigenvalue weighted by atomic mass is 9.94. The molecular weight excluding hydrogens is 254 g/mol. The molecule has 110 valence electrons. The highest BCUT2D eigenvalue weighted by Crippen LogP contribution is 2.20. The highest BCUT2D eigenvalue weighted by Gasteiger charge is 2.32. The standard InChI is InChI=1S/C14H23N5O/c1-14(2,3)12(20)16-10-8-19(9-10)13-15-7-6-11(17-13)18(4)5/h6-7,10H,8-9H2,1-5H3,(H,16,20). The summed E-state index contributed by atoms with van der Waals surface area (Å²) < 4.78 is 0. The Bertz CT molecular complexity index is 489. The van der Waals surface area contributed by atoms with Crippen LogP contribution in [-0.4, -0.2) is 49.1 Å². The van der Waals surface area contributed by atoms with Crippen molar-refractivity contribution in [3.05, 3.63) is 12.3 Å². The van der Waals surface area contributed by atoms with Crippen molar-refractivity contribution < 1.29 is 4.79 Å². The number of hydrogen-bond acceptors (Lipinski definition) is 5. The van der Waals surface area contributed by atoms with Crippen LogP contribution in [0.15, 0.2) is 12.3 Å². The molecule has 1 fully saturated rings. The van der Waals surface area contributed by atoms with E-state index in [1.807, 2.05) is 45.8 Å². The van der Waals surface area contributed by atoms with Gasteiger partial charge in [-0.15, -0.1) is 0 Å². The molecule has 1 aliphatic heterocycles. The number of aromatic nitrogens is 2. The van der Waals surface area contributed by atoms with E-state index in [1.165, 1.54) is 0 Å². The van der Waals surface area contributed by atoms with Gasteiger partial charge < -0.3 is 15.1 Å². The molecule has 1 saturated heterocycles. The minimum absolute atomic E-state index is 0.0881. The van der Waals surface area contributed by atoms with Crippen LogP contribution in [0.3, 0.4) is 0 Å². The number of nitrogens with zero attached hydrogens (tertiary/aromatic N) is 4. The van der Waals surface area contributed by atoms with E-state index in [1.54, 1.807) is 6.20 Å². The van der Waals surface area contributed by atoms with E-state index in [-0.39, 0.29) is 17.4 Å². The number of carbonyl (C=O) groups excluding carboxylic acids is 1. The summed E-state index contributed by atoms with van der Waals surface area (Å²) in [4.78, 5) is 24.7. The van der Waals surface area contributed by atoms with Gasteiger partial charge in [0.15, 0.2) is 0 Å². The molecule has 0 aromatic carbocycles. The molecule has 1 aromatic rings. The average Bonchev–Trinajstić information content (AvgIpc) is 2.31. The fraction of sp³-hybridized carbons (Fsp3) is 0.643. The van der Waals surface area contributed by atoms with Gasteiger partial charge in [0.05, 0.1) is 6.04 Å². The highest BCUT2D eigenvalue weighted by atomic mass is 16.2. The van der Waals surface area contributed by atoms with E-state index in [0.29, 0.717) is 0 Å². The van der Waals surface area contributed by atoms with Gasteiger partial charge in [-0.3, -0.25) is 4.79 Å². The SMILES string of the molecule is CN(C)c1ccnc(N2CC(NC(=O)C(C)(C)C)C2)n1. The molecule has 0 saturated carbocycles. The molecule has 2 heterocycles. The van der Waals surface area contributed by atoms with Crippen molar-refractivity contribution in [2.75, 3.05) is 37.0 Å². The third kappa shape index (κ3) is 3.18. The van der Waals surface area contributed by atoms with Crippen LogP contribution in [0.5, 0.6) is 0 Å². The molecule has 1 aliphatic rings. The molecule has 6 heteroatoms. The maximum Gasteiger partial charge on any atom is 0.227 e. The summed E-state index contributed by atoms with van der Waals surface area (Å²) in [5.41, 5.74) is -0.345. The Morgan fingerprint density at radius 1 is 1.40 bits per heavy atom. The fourth-order valence-corrected chi connectivity index (χ4v) is 1.88. The number of hydrogen-bond donors (Lipinski definition) is 1. The number of rotatable bonds is 3. The van der Waals surface area contributed by atoms with Crippen molar-refractivity contribution in [3.63, 3.8) is 0 Å². The molecule has 0 spiro atoms. The van der Waals surface area contributed by atoms with Gasteiger partial charge in [-0.1, -0.05) is 20.8 Å². The van der Waals surface area contributed by atoms with Crippen LogP contribution in [0.2, 0.25) is 0 Å². The van der Waals surface area contributed by atoms with Gasteiger partial charge in [-0.05, 0) is 6.07 Å². The van der Waals surface area contributed by atoms with E-state index in [4.69, 9.17) is 0 Å². The Kier molecular flexibility index (Phi) is 3.83. The lowest BCUT2D eigenvalue weighted by Gasteiger charge is -2.40. The maximum atomic E-state index is 11.9. The van der Waals surface area contributed by atoms with Gasteiger partial charge in [0, 0.05) is 38.8 Å². The van der Waals surface area contributed by atoms with Crippen LogP contribution in [0.4, 0.5) is 11.8 Å². The summed E-state index contributed by atoms with van der Waals surface area (Å²) >= 11 is 0. The molecule has 1 N–H and O–H groups in total. The van der Waals surface area contributed by atoms with Crippen LogP contribution < -0.4 is 15.1 Å². The molecule has 0 aliphatic carbocycles. The van der Waals surface area contributed by atoms with Crippen molar-refractivity contribution in [1.29, 1.82) is 0 Å². The summed E-state index contributed by atoms with van der Waals surface area (Å²) in [6.45, 7) is 7.28. The second kappa shape index (κ2) is 5.26. The van der Waals surface area contributed by atoms with Crippen molar-refractivity contribution in [2.45, 2.75) is 26.8 Å². The second-order valence-corrected chi connectivity index (χ2v) is 6.43. The minimum Gasteiger partial charge on any atom is -0.363 e. The maximum absolute atomic E-state index is 11.9. The summed E-state index contributed by atoms with van der Waals surface area (Å²) in [5, 5.41) is 3.05. The first-order valence-corrected chi connectivity index (χ1v) is 6.83. The van der Waals surface area contributed by atoms with Crippen LogP contribution >= 0.6 is 0 Å². The zero-order valence-corrected chi connectivity index (χ0v) is 12.8. The van der Waals surface area contributed by atoms with Crippen molar-refractivity contribution in [3.8, 4) is 0 Å². The smallest absolute Gasteiger partial charge is 0.227 e. The van der Waals surface area contributed by atoms with Crippen molar-refractivity contribution >= 4 is 17.7 Å². The third-order valence-corrected chi connectivity index (χ3v) is 3.27. The molecule has 6 nitrogen and oxygen atoms in total. The molecular formula is C14H23N5O. The molecule has 0 bridgehead atoms. The quantitative estimate of drug-likeness (QED) is 0.889. The van der Waals surface area contributed by atoms with E-state index in [0.717, 1.165) is 24.9 Å². The summed E-state index contributed by atoms with van der Waals surface area (Å²) in [5.74, 6) is 1.69. The molecule has 1 amide bonds. The van der Waals surface area contributed by atoms with Gasteiger partial charge in [-0.25, -0.2) is 4.98 Å². The molecule has 2 rings (SSSR count). The first kappa shape index (κ1) is 14.6. The fourth-order valence-electron chi connectivity index (χ4n) is 1.88.